The first-order valence-electron chi connectivity index (χ1n) is 4.05. The molecule has 3 N–H and O–H groups in total. The molecule has 0 aromatic carbocycles. The number of rotatable bonds is 5. The van der Waals surface area contributed by atoms with E-state index >= 15 is 0 Å². The molecule has 0 amide bonds. The summed E-state index contributed by atoms with van der Waals surface area (Å²) in [6, 6.07) is 0. The summed E-state index contributed by atoms with van der Waals surface area (Å²) in [5, 5.41) is 0. The molecule has 0 saturated heterocycles. The molecule has 0 atom stereocenters. The minimum absolute atomic E-state index is 0.138. The van der Waals surface area contributed by atoms with Crippen LogP contribution < -0.4 is 11.3 Å². The Kier molecular flexibility index (Phi) is 6.22. The fourth-order valence-electron chi connectivity index (χ4n) is 0.729. The Balaban J connectivity index is 3.84. The normalized spacial score (nSPS) is 13.1. The van der Waals surface area contributed by atoms with Crippen molar-refractivity contribution in [1.29, 1.82) is 0 Å². The van der Waals surface area contributed by atoms with E-state index in [2.05, 4.69) is 15.2 Å². The Morgan fingerprint density at radius 2 is 2.14 bits per heavy atom. The van der Waals surface area contributed by atoms with E-state index in [1.165, 1.54) is 7.11 Å². The second-order valence-electron chi connectivity index (χ2n) is 2.58. The first-order valence-corrected chi connectivity index (χ1v) is 4.05. The summed E-state index contributed by atoms with van der Waals surface area (Å²) in [6.45, 7) is 0.658. The van der Waals surface area contributed by atoms with Crippen molar-refractivity contribution in [2.45, 2.75) is 19.0 Å². The van der Waals surface area contributed by atoms with E-state index in [4.69, 9.17) is 5.84 Å². The van der Waals surface area contributed by atoms with Crippen molar-refractivity contribution in [2.75, 3.05) is 20.3 Å². The minimum Gasteiger partial charge on any atom is -0.383 e. The van der Waals surface area contributed by atoms with Crippen molar-refractivity contribution < 1.29 is 17.9 Å². The fraction of sp³-hybridized carbons (Fsp3) is 0.857. The highest BCUT2D eigenvalue weighted by Gasteiger charge is 2.27. The molecule has 0 unspecified atom stereocenters. The van der Waals surface area contributed by atoms with Crippen LogP contribution in [0.3, 0.4) is 0 Å². The maximum absolute atomic E-state index is 11.8. The topological polar surface area (TPSA) is 59.6 Å². The van der Waals surface area contributed by atoms with Gasteiger partial charge in [-0.05, 0) is 0 Å². The molecule has 0 heterocycles. The molecular weight excluding hydrogens is 199 g/mol. The van der Waals surface area contributed by atoms with Gasteiger partial charge in [-0.1, -0.05) is 0 Å². The van der Waals surface area contributed by atoms with Gasteiger partial charge in [-0.3, -0.25) is 4.99 Å². The number of hydrogen-bond acceptors (Lipinski definition) is 3. The van der Waals surface area contributed by atoms with Crippen LogP contribution in [0.5, 0.6) is 0 Å². The van der Waals surface area contributed by atoms with E-state index in [1.54, 1.807) is 0 Å². The predicted molar refractivity (Wildman–Crippen MR) is 46.8 cm³/mol. The molecule has 4 nitrogen and oxygen atoms in total. The van der Waals surface area contributed by atoms with Crippen molar-refractivity contribution in [3.63, 3.8) is 0 Å². The van der Waals surface area contributed by atoms with Gasteiger partial charge in [0.2, 0.25) is 0 Å². The Morgan fingerprint density at radius 1 is 1.50 bits per heavy atom. The zero-order valence-electron chi connectivity index (χ0n) is 7.90. The monoisotopic (exact) mass is 213 g/mol. The minimum atomic E-state index is -4.18. The van der Waals surface area contributed by atoms with Crippen molar-refractivity contribution in [3.05, 3.63) is 0 Å². The molecule has 0 aromatic heterocycles. The lowest BCUT2D eigenvalue weighted by atomic mass is 10.3. The summed E-state index contributed by atoms with van der Waals surface area (Å²) < 4.78 is 40.1. The number of nitrogens with one attached hydrogen (secondary N) is 1. The summed E-state index contributed by atoms with van der Waals surface area (Å²) in [7, 11) is 1.49. The largest absolute Gasteiger partial charge is 0.389 e. The average Bonchev–Trinajstić information content (AvgIpc) is 2.09. The summed E-state index contributed by atoms with van der Waals surface area (Å²) in [5.41, 5.74) is 2.13. The quantitative estimate of drug-likeness (QED) is 0.234. The van der Waals surface area contributed by atoms with Crippen LogP contribution in [0.2, 0.25) is 0 Å². The molecule has 0 aliphatic rings. The first-order chi connectivity index (χ1) is 6.49. The maximum atomic E-state index is 11.8. The van der Waals surface area contributed by atoms with E-state index in [1.807, 2.05) is 0 Å². The van der Waals surface area contributed by atoms with Gasteiger partial charge in [0.1, 0.15) is 5.84 Å². The second kappa shape index (κ2) is 6.61. The van der Waals surface area contributed by atoms with Gasteiger partial charge in [-0.15, -0.1) is 0 Å². The summed E-state index contributed by atoms with van der Waals surface area (Å²) in [5.74, 6) is 5.13. The number of alkyl halides is 3. The number of methoxy groups -OCH3 is 1. The van der Waals surface area contributed by atoms with Crippen LogP contribution in [0.1, 0.15) is 12.8 Å². The zero-order chi connectivity index (χ0) is 11.0. The van der Waals surface area contributed by atoms with Crippen LogP contribution in [-0.4, -0.2) is 32.3 Å². The van der Waals surface area contributed by atoms with Crippen molar-refractivity contribution in [3.8, 4) is 0 Å². The zero-order valence-corrected chi connectivity index (χ0v) is 7.90. The van der Waals surface area contributed by atoms with Gasteiger partial charge in [0.05, 0.1) is 19.6 Å². The van der Waals surface area contributed by atoms with E-state index in [-0.39, 0.29) is 12.3 Å². The Morgan fingerprint density at radius 3 is 2.57 bits per heavy atom. The number of hydrazine groups is 1. The molecule has 0 aromatic rings. The van der Waals surface area contributed by atoms with Crippen LogP contribution in [-0.2, 0) is 4.74 Å². The highest BCUT2D eigenvalue weighted by Crippen LogP contribution is 2.21. The molecular formula is C7H14F3N3O. The standard InChI is InChI=1S/C7H14F3N3O/c1-14-5-4-12-6(13-11)2-3-7(8,9)10/h2-5,11H2,1H3,(H,12,13). The SMILES string of the molecule is COCCN=C(CCC(F)(F)F)NN. The van der Waals surface area contributed by atoms with Crippen molar-refractivity contribution >= 4 is 5.84 Å². The number of ether oxygens (including phenoxy) is 1. The van der Waals surface area contributed by atoms with E-state index in [0.717, 1.165) is 0 Å². The summed E-state index contributed by atoms with van der Waals surface area (Å²) in [6.07, 6.45) is -5.34. The molecule has 7 heteroatoms. The van der Waals surface area contributed by atoms with Crippen LogP contribution in [0, 0.1) is 0 Å². The Labute approximate surface area is 80.3 Å². The van der Waals surface area contributed by atoms with Gasteiger partial charge in [-0.2, -0.15) is 13.2 Å². The number of nitrogens with zero attached hydrogens (tertiary/aromatic N) is 1. The lowest BCUT2D eigenvalue weighted by molar-refractivity contribution is -0.132. The highest BCUT2D eigenvalue weighted by molar-refractivity contribution is 5.81. The number of aliphatic imine (C=N–C) groups is 1. The second-order valence-corrected chi connectivity index (χ2v) is 2.58. The number of halogens is 3. The maximum Gasteiger partial charge on any atom is 0.389 e. The predicted octanol–water partition coefficient (Wildman–Crippen LogP) is 0.837. The number of hydrogen-bond donors (Lipinski definition) is 2. The van der Waals surface area contributed by atoms with Crippen molar-refractivity contribution in [2.24, 2.45) is 10.8 Å². The molecule has 14 heavy (non-hydrogen) atoms. The van der Waals surface area contributed by atoms with E-state index in [0.29, 0.717) is 13.2 Å². The van der Waals surface area contributed by atoms with Crippen LogP contribution >= 0.6 is 0 Å². The third kappa shape index (κ3) is 7.81. The van der Waals surface area contributed by atoms with Gasteiger partial charge in [0.25, 0.3) is 0 Å². The third-order valence-corrected chi connectivity index (χ3v) is 1.41. The molecule has 0 radical (unpaired) electrons. The van der Waals surface area contributed by atoms with E-state index < -0.39 is 12.6 Å². The molecule has 0 rings (SSSR count). The lowest BCUT2D eigenvalue weighted by Crippen LogP contribution is -2.31. The number of amidine groups is 1. The van der Waals surface area contributed by atoms with Gasteiger partial charge in [0, 0.05) is 13.5 Å². The average molecular weight is 213 g/mol. The summed E-state index contributed by atoms with van der Waals surface area (Å²) in [4.78, 5) is 3.79. The van der Waals surface area contributed by atoms with Crippen LogP contribution in [0.4, 0.5) is 13.2 Å². The Hall–Kier alpha value is -0.820. The smallest absolute Gasteiger partial charge is 0.383 e. The lowest BCUT2D eigenvalue weighted by Gasteiger charge is -2.08. The molecule has 84 valence electrons. The van der Waals surface area contributed by atoms with Crippen LogP contribution in [0.25, 0.3) is 0 Å². The van der Waals surface area contributed by atoms with Gasteiger partial charge in [-0.25, -0.2) is 5.84 Å². The molecule has 0 saturated carbocycles. The Bertz CT molecular complexity index is 182. The molecule has 0 aliphatic carbocycles. The van der Waals surface area contributed by atoms with Gasteiger partial charge in [0.15, 0.2) is 0 Å². The molecule has 0 aliphatic heterocycles. The molecule has 0 spiro atoms. The fourth-order valence-corrected chi connectivity index (χ4v) is 0.729. The van der Waals surface area contributed by atoms with Gasteiger partial charge < -0.3 is 10.2 Å². The van der Waals surface area contributed by atoms with Crippen molar-refractivity contribution in [1.82, 2.24) is 5.43 Å². The molecule has 0 bridgehead atoms. The van der Waals surface area contributed by atoms with Gasteiger partial charge >= 0.3 is 6.18 Å². The van der Waals surface area contributed by atoms with E-state index in [9.17, 15) is 13.2 Å². The third-order valence-electron chi connectivity index (χ3n) is 1.41. The first kappa shape index (κ1) is 13.2. The molecule has 0 fully saturated rings. The number of nitrogens with two attached hydrogens (primary N) is 1. The summed E-state index contributed by atoms with van der Waals surface area (Å²) >= 11 is 0. The highest BCUT2D eigenvalue weighted by atomic mass is 19.4. The van der Waals surface area contributed by atoms with Crippen LogP contribution in [0.15, 0.2) is 4.99 Å².